The van der Waals surface area contributed by atoms with Gasteiger partial charge in [-0.1, -0.05) is 6.42 Å². The van der Waals surface area contributed by atoms with E-state index in [9.17, 15) is 19.2 Å². The zero-order chi connectivity index (χ0) is 20.4. The number of nitrogens with two attached hydrogens (primary N) is 4. The van der Waals surface area contributed by atoms with E-state index in [1.807, 2.05) is 0 Å². The Balaban J connectivity index is -0.000000308. The van der Waals surface area contributed by atoms with E-state index in [4.69, 9.17) is 37.6 Å². The second-order valence-electron chi connectivity index (χ2n) is 4.70. The topological polar surface area (TPSA) is 253 Å². The zero-order valence-electron chi connectivity index (χ0n) is 13.8. The lowest BCUT2D eigenvalue weighted by Gasteiger charge is -2.03. The highest BCUT2D eigenvalue weighted by molar-refractivity contribution is 5.74. The van der Waals surface area contributed by atoms with Crippen LogP contribution in [0.3, 0.4) is 0 Å². The fourth-order valence-electron chi connectivity index (χ4n) is 1.03. The molecule has 0 bridgehead atoms. The van der Waals surface area contributed by atoms with Crippen LogP contribution in [0.4, 0.5) is 0 Å². The number of carbonyl (C=O) groups is 4. The van der Waals surface area contributed by atoms with E-state index >= 15 is 0 Å². The Bertz CT molecular complexity index is 405. The molecule has 12 nitrogen and oxygen atoms in total. The van der Waals surface area contributed by atoms with E-state index in [0.717, 1.165) is 12.8 Å². The largest absolute Gasteiger partial charge is 0.481 e. The Morgan fingerprint density at radius 2 is 1.12 bits per heavy atom. The summed E-state index contributed by atoms with van der Waals surface area (Å²) in [7, 11) is 0. The normalized spacial score (nSPS) is 11.7. The average molecular weight is 368 g/mol. The summed E-state index contributed by atoms with van der Waals surface area (Å²) in [6, 6.07) is -1.78. The predicted molar refractivity (Wildman–Crippen MR) is 87.7 cm³/mol. The molecule has 0 radical (unpaired) electrons. The van der Waals surface area contributed by atoms with Gasteiger partial charge in [0, 0.05) is 6.42 Å². The van der Waals surface area contributed by atoms with Crippen molar-refractivity contribution in [2.75, 3.05) is 13.1 Å². The van der Waals surface area contributed by atoms with Crippen molar-refractivity contribution in [1.29, 1.82) is 0 Å². The molecule has 0 saturated heterocycles. The molecule has 0 amide bonds. The summed E-state index contributed by atoms with van der Waals surface area (Å²) in [5.74, 6) is -4.10. The Morgan fingerprint density at radius 1 is 0.720 bits per heavy atom. The highest BCUT2D eigenvalue weighted by Gasteiger charge is 2.12. The van der Waals surface area contributed by atoms with Crippen molar-refractivity contribution in [1.82, 2.24) is 0 Å². The number of aliphatic carboxylic acids is 4. The lowest BCUT2D eigenvalue weighted by molar-refractivity contribution is -0.140. The monoisotopic (exact) mass is 368 g/mol. The minimum atomic E-state index is -1.17. The Labute approximate surface area is 144 Å². The molecule has 0 spiro atoms. The molecular weight excluding hydrogens is 340 g/mol. The summed E-state index contributed by atoms with van der Waals surface area (Å²) >= 11 is 0. The van der Waals surface area contributed by atoms with Crippen LogP contribution in [0, 0.1) is 0 Å². The predicted octanol–water partition coefficient (Wildman–Crippen LogP) is -2.18. The summed E-state index contributed by atoms with van der Waals surface area (Å²) in [4.78, 5) is 39.3. The molecule has 0 aromatic rings. The molecule has 12 N–H and O–H groups in total. The maximum atomic E-state index is 10.1. The van der Waals surface area contributed by atoms with Gasteiger partial charge < -0.3 is 43.4 Å². The molecular formula is C13H28N4O8. The fraction of sp³-hybridized carbons (Fsp3) is 0.692. The van der Waals surface area contributed by atoms with E-state index in [-0.39, 0.29) is 19.4 Å². The van der Waals surface area contributed by atoms with Gasteiger partial charge in [-0.25, -0.2) is 0 Å². The highest BCUT2D eigenvalue weighted by Crippen LogP contribution is 1.97. The zero-order valence-corrected chi connectivity index (χ0v) is 13.8. The van der Waals surface area contributed by atoms with E-state index in [2.05, 4.69) is 5.73 Å². The number of carboxylic acid groups (broad SMARTS) is 4. The lowest BCUT2D eigenvalue weighted by atomic mass is 10.1. The molecule has 0 aromatic carbocycles. The molecule has 0 aliphatic heterocycles. The van der Waals surface area contributed by atoms with Crippen LogP contribution < -0.4 is 22.9 Å². The van der Waals surface area contributed by atoms with Crippen LogP contribution in [-0.2, 0) is 19.2 Å². The molecule has 12 heteroatoms. The standard InChI is InChI=1S/C6H14N2O2.C5H9NO4.C2H5NO2/c7-4-2-1-3-5(8)6(9)10;6-3(5(9)10)1-2-4(7)8;3-1-2(4)5/h5H,1-4,7-8H2,(H,9,10);3H,1-2,6H2,(H,7,8)(H,9,10);1,3H2,(H,4,5)/t;3-;/m.0./s1. The van der Waals surface area contributed by atoms with Crippen LogP contribution in [0.15, 0.2) is 0 Å². The third-order valence-electron chi connectivity index (χ3n) is 2.45. The first-order chi connectivity index (χ1) is 11.5. The van der Waals surface area contributed by atoms with Gasteiger partial charge >= 0.3 is 23.9 Å². The van der Waals surface area contributed by atoms with Gasteiger partial charge in [0.1, 0.15) is 12.1 Å². The summed E-state index contributed by atoms with van der Waals surface area (Å²) in [6.07, 6.45) is 1.94. The van der Waals surface area contributed by atoms with Gasteiger partial charge in [0.25, 0.3) is 0 Å². The summed E-state index contributed by atoms with van der Waals surface area (Å²) in [5.41, 5.74) is 20.0. The molecule has 25 heavy (non-hydrogen) atoms. The van der Waals surface area contributed by atoms with Crippen LogP contribution in [0.5, 0.6) is 0 Å². The van der Waals surface area contributed by atoms with E-state index < -0.39 is 36.0 Å². The van der Waals surface area contributed by atoms with Crippen LogP contribution in [0.1, 0.15) is 32.1 Å². The van der Waals surface area contributed by atoms with E-state index in [0.29, 0.717) is 13.0 Å². The first kappa shape index (κ1) is 27.6. The summed E-state index contributed by atoms with van der Waals surface area (Å²) < 4.78 is 0. The van der Waals surface area contributed by atoms with Crippen molar-refractivity contribution < 1.29 is 39.6 Å². The third-order valence-corrected chi connectivity index (χ3v) is 2.45. The SMILES string of the molecule is NCC(=O)O.NCCCCC(N)C(=O)O.N[C@@H](CCC(=O)O)C(=O)O. The van der Waals surface area contributed by atoms with Gasteiger partial charge in [-0.3, -0.25) is 19.2 Å². The van der Waals surface area contributed by atoms with Crippen molar-refractivity contribution >= 4 is 23.9 Å². The van der Waals surface area contributed by atoms with Gasteiger partial charge in [-0.2, -0.15) is 0 Å². The number of hydrogen-bond acceptors (Lipinski definition) is 8. The van der Waals surface area contributed by atoms with Crippen molar-refractivity contribution in [3.63, 3.8) is 0 Å². The quantitative estimate of drug-likeness (QED) is 0.191. The van der Waals surface area contributed by atoms with Gasteiger partial charge in [0.15, 0.2) is 0 Å². The first-order valence-electron chi connectivity index (χ1n) is 7.30. The maximum Gasteiger partial charge on any atom is 0.320 e. The molecule has 0 rings (SSSR count). The minimum absolute atomic E-state index is 0.0231. The van der Waals surface area contributed by atoms with E-state index in [1.54, 1.807) is 0 Å². The second-order valence-corrected chi connectivity index (χ2v) is 4.70. The van der Waals surface area contributed by atoms with Crippen molar-refractivity contribution in [3.8, 4) is 0 Å². The van der Waals surface area contributed by atoms with Crippen LogP contribution in [0.25, 0.3) is 0 Å². The molecule has 1 unspecified atom stereocenters. The number of carboxylic acids is 4. The second kappa shape index (κ2) is 18.1. The molecule has 0 aliphatic rings. The van der Waals surface area contributed by atoms with Crippen molar-refractivity contribution in [3.05, 3.63) is 0 Å². The minimum Gasteiger partial charge on any atom is -0.481 e. The van der Waals surface area contributed by atoms with Crippen LogP contribution in [0.2, 0.25) is 0 Å². The highest BCUT2D eigenvalue weighted by atomic mass is 16.4. The molecule has 0 fully saturated rings. The third kappa shape index (κ3) is 26.9. The fourth-order valence-corrected chi connectivity index (χ4v) is 1.03. The Morgan fingerprint density at radius 3 is 1.40 bits per heavy atom. The molecule has 0 heterocycles. The molecule has 148 valence electrons. The molecule has 0 saturated carbocycles. The maximum absolute atomic E-state index is 10.1. The Hall–Kier alpha value is -2.28. The molecule has 0 aliphatic carbocycles. The number of unbranched alkanes of at least 4 members (excludes halogenated alkanes) is 1. The van der Waals surface area contributed by atoms with Gasteiger partial charge in [0.05, 0.1) is 6.54 Å². The first-order valence-corrected chi connectivity index (χ1v) is 7.30. The Kier molecular flexibility index (Phi) is 19.9. The molecule has 2 atom stereocenters. The van der Waals surface area contributed by atoms with Gasteiger partial charge in [-0.15, -0.1) is 0 Å². The van der Waals surface area contributed by atoms with Gasteiger partial charge in [0.2, 0.25) is 0 Å². The van der Waals surface area contributed by atoms with Crippen LogP contribution >= 0.6 is 0 Å². The van der Waals surface area contributed by atoms with Crippen molar-refractivity contribution in [2.24, 2.45) is 22.9 Å². The number of rotatable bonds is 10. The van der Waals surface area contributed by atoms with Gasteiger partial charge in [-0.05, 0) is 25.8 Å². The summed E-state index contributed by atoms with van der Waals surface area (Å²) in [6.45, 7) is 0.326. The van der Waals surface area contributed by atoms with E-state index in [1.165, 1.54) is 0 Å². The molecule has 0 aromatic heterocycles. The summed E-state index contributed by atoms with van der Waals surface area (Å²) in [5, 5.41) is 32.2. The average Bonchev–Trinajstić information content (AvgIpc) is 2.53. The lowest BCUT2D eigenvalue weighted by Crippen LogP contribution is -2.30. The van der Waals surface area contributed by atoms with Crippen LogP contribution in [-0.4, -0.2) is 69.5 Å². The van der Waals surface area contributed by atoms with Crippen molar-refractivity contribution in [2.45, 2.75) is 44.2 Å². The number of hydrogen-bond donors (Lipinski definition) is 8. The smallest absolute Gasteiger partial charge is 0.320 e.